The van der Waals surface area contributed by atoms with Crippen LogP contribution in [0, 0.1) is 28.6 Å². The Kier molecular flexibility index (Phi) is 3.10. The minimum Gasteiger partial charge on any atom is -0.319 e. The molecule has 1 heterocycles. The van der Waals surface area contributed by atoms with Crippen molar-refractivity contribution in [3.8, 4) is 0 Å². The van der Waals surface area contributed by atoms with Crippen molar-refractivity contribution in [1.29, 1.82) is 0 Å². The third kappa shape index (κ3) is 1.76. The van der Waals surface area contributed by atoms with Gasteiger partial charge in [0.15, 0.2) is 0 Å². The largest absolute Gasteiger partial charge is 0.319 e. The number of carbonyl (C=O) groups is 1. The van der Waals surface area contributed by atoms with Crippen LogP contribution in [0.25, 0.3) is 0 Å². The SMILES string of the molecule is CC1=C2N(C)C(=O)CC[C@]2(C)[C@@H]2CC[C@]3(C)CCC[C@H]3[C@@H]2C1. The summed E-state index contributed by atoms with van der Waals surface area (Å²) in [6.45, 7) is 7.34. The Bertz CT molecular complexity index is 550. The van der Waals surface area contributed by atoms with Crippen LogP contribution in [-0.2, 0) is 4.79 Å². The summed E-state index contributed by atoms with van der Waals surface area (Å²) in [5, 5.41) is 0. The highest BCUT2D eigenvalue weighted by atomic mass is 16.2. The highest BCUT2D eigenvalue weighted by Crippen LogP contribution is 2.65. The minimum absolute atomic E-state index is 0.250. The van der Waals surface area contributed by atoms with Crippen LogP contribution in [0.1, 0.15) is 72.1 Å². The third-order valence-corrected chi connectivity index (χ3v) is 8.09. The highest BCUT2D eigenvalue weighted by molar-refractivity contribution is 5.79. The maximum absolute atomic E-state index is 12.2. The van der Waals surface area contributed by atoms with Gasteiger partial charge in [-0.1, -0.05) is 25.8 Å². The molecular weight excluding hydrogens is 270 g/mol. The number of rotatable bonds is 0. The summed E-state index contributed by atoms with van der Waals surface area (Å²) in [5.41, 5.74) is 3.77. The van der Waals surface area contributed by atoms with Crippen molar-refractivity contribution in [1.82, 2.24) is 4.90 Å². The lowest BCUT2D eigenvalue weighted by Gasteiger charge is -2.58. The third-order valence-electron chi connectivity index (χ3n) is 8.09. The molecule has 122 valence electrons. The monoisotopic (exact) mass is 301 g/mol. The predicted molar refractivity (Wildman–Crippen MR) is 89.1 cm³/mol. The van der Waals surface area contributed by atoms with Gasteiger partial charge in [-0.25, -0.2) is 0 Å². The average Bonchev–Trinajstić information content (AvgIpc) is 2.85. The summed E-state index contributed by atoms with van der Waals surface area (Å²) >= 11 is 0. The lowest BCUT2D eigenvalue weighted by Crippen LogP contribution is -2.53. The van der Waals surface area contributed by atoms with Crippen molar-refractivity contribution in [2.75, 3.05) is 7.05 Å². The zero-order valence-electron chi connectivity index (χ0n) is 14.7. The summed E-state index contributed by atoms with van der Waals surface area (Å²) in [4.78, 5) is 14.2. The van der Waals surface area contributed by atoms with Gasteiger partial charge in [0.25, 0.3) is 0 Å². The number of fused-ring (bicyclic) bond motifs is 5. The van der Waals surface area contributed by atoms with Gasteiger partial charge in [-0.05, 0) is 68.6 Å². The molecule has 3 fully saturated rings. The number of nitrogens with zero attached hydrogens (tertiary/aromatic N) is 1. The lowest BCUT2D eigenvalue weighted by atomic mass is 9.49. The van der Waals surface area contributed by atoms with Crippen molar-refractivity contribution >= 4 is 5.91 Å². The molecule has 1 amide bonds. The number of amides is 1. The van der Waals surface area contributed by atoms with Crippen LogP contribution < -0.4 is 0 Å². The van der Waals surface area contributed by atoms with Gasteiger partial charge in [-0.15, -0.1) is 0 Å². The Hall–Kier alpha value is -0.790. The van der Waals surface area contributed by atoms with Gasteiger partial charge in [-0.3, -0.25) is 4.79 Å². The molecule has 0 radical (unpaired) electrons. The molecule has 4 rings (SSSR count). The maximum Gasteiger partial charge on any atom is 0.226 e. The van der Waals surface area contributed by atoms with Crippen LogP contribution >= 0.6 is 0 Å². The first-order valence-electron chi connectivity index (χ1n) is 9.34. The van der Waals surface area contributed by atoms with Gasteiger partial charge in [0.2, 0.25) is 5.91 Å². The predicted octanol–water partition coefficient (Wildman–Crippen LogP) is 4.76. The minimum atomic E-state index is 0.250. The summed E-state index contributed by atoms with van der Waals surface area (Å²) in [5.74, 6) is 2.93. The topological polar surface area (TPSA) is 20.3 Å². The molecule has 1 aliphatic heterocycles. The number of hydrogen-bond acceptors (Lipinski definition) is 1. The van der Waals surface area contributed by atoms with E-state index in [1.54, 1.807) is 0 Å². The van der Waals surface area contributed by atoms with Crippen molar-refractivity contribution < 1.29 is 4.79 Å². The second kappa shape index (κ2) is 4.61. The van der Waals surface area contributed by atoms with Gasteiger partial charge >= 0.3 is 0 Å². The van der Waals surface area contributed by atoms with Crippen LogP contribution in [-0.4, -0.2) is 17.9 Å². The Labute approximate surface area is 135 Å². The second-order valence-corrected chi connectivity index (χ2v) is 9.17. The van der Waals surface area contributed by atoms with Gasteiger partial charge in [0.1, 0.15) is 0 Å². The van der Waals surface area contributed by atoms with E-state index in [1.807, 2.05) is 11.9 Å². The van der Waals surface area contributed by atoms with Crippen molar-refractivity contribution in [2.24, 2.45) is 28.6 Å². The number of hydrogen-bond donors (Lipinski definition) is 0. The van der Waals surface area contributed by atoms with E-state index in [0.29, 0.717) is 11.3 Å². The number of piperidine rings is 1. The van der Waals surface area contributed by atoms with Crippen LogP contribution in [0.15, 0.2) is 11.3 Å². The fourth-order valence-electron chi connectivity index (χ4n) is 7.10. The number of likely N-dealkylation sites (tertiary alicyclic amines) is 1. The van der Waals surface area contributed by atoms with E-state index < -0.39 is 0 Å². The van der Waals surface area contributed by atoms with Crippen molar-refractivity contribution in [3.63, 3.8) is 0 Å². The Morgan fingerprint density at radius 1 is 1.09 bits per heavy atom. The maximum atomic E-state index is 12.2. The Balaban J connectivity index is 1.77. The standard InChI is InChI=1S/C20H31NO/c1-13-12-14-15-6-5-9-19(15,2)10-7-16(14)20(3)11-8-17(22)21(4)18(13)20/h14-16H,5-12H2,1-4H3/t14-,15-,16+,19-,20+/m0/s1. The molecule has 5 atom stereocenters. The first kappa shape index (κ1) is 14.8. The molecule has 1 saturated heterocycles. The summed E-state index contributed by atoms with van der Waals surface area (Å²) in [6, 6.07) is 0. The molecule has 0 aromatic rings. The molecule has 0 aromatic carbocycles. The normalized spacial score (nSPS) is 48.1. The molecule has 0 aromatic heterocycles. The van der Waals surface area contributed by atoms with Gasteiger partial charge in [0.05, 0.1) is 0 Å². The number of carbonyl (C=O) groups excluding carboxylic acids is 1. The van der Waals surface area contributed by atoms with Crippen LogP contribution in [0.2, 0.25) is 0 Å². The van der Waals surface area contributed by atoms with Gasteiger partial charge < -0.3 is 4.90 Å². The van der Waals surface area contributed by atoms with E-state index in [2.05, 4.69) is 20.8 Å². The van der Waals surface area contributed by atoms with Gasteiger partial charge in [-0.2, -0.15) is 0 Å². The zero-order chi connectivity index (χ0) is 15.7. The van der Waals surface area contributed by atoms with Crippen molar-refractivity contribution in [3.05, 3.63) is 11.3 Å². The first-order chi connectivity index (χ1) is 10.4. The summed E-state index contributed by atoms with van der Waals surface area (Å²) < 4.78 is 0. The van der Waals surface area contributed by atoms with E-state index in [0.717, 1.165) is 30.6 Å². The molecular formula is C20H31NO. The molecule has 0 spiro atoms. The molecule has 2 nitrogen and oxygen atoms in total. The fourth-order valence-corrected chi connectivity index (χ4v) is 7.10. The van der Waals surface area contributed by atoms with E-state index in [4.69, 9.17) is 0 Å². The fraction of sp³-hybridized carbons (Fsp3) is 0.850. The van der Waals surface area contributed by atoms with E-state index in [-0.39, 0.29) is 5.41 Å². The quantitative estimate of drug-likeness (QED) is 0.632. The van der Waals surface area contributed by atoms with Crippen LogP contribution in [0.5, 0.6) is 0 Å². The Morgan fingerprint density at radius 2 is 1.86 bits per heavy atom. The number of allylic oxidation sites excluding steroid dienone is 2. The van der Waals surface area contributed by atoms with Crippen LogP contribution in [0.3, 0.4) is 0 Å². The van der Waals surface area contributed by atoms with Crippen molar-refractivity contribution in [2.45, 2.75) is 72.1 Å². The van der Waals surface area contributed by atoms with E-state index >= 15 is 0 Å². The summed E-state index contributed by atoms with van der Waals surface area (Å²) in [6.07, 6.45) is 10.2. The van der Waals surface area contributed by atoms with Crippen LogP contribution in [0.4, 0.5) is 0 Å². The molecule has 3 aliphatic carbocycles. The average molecular weight is 301 g/mol. The van der Waals surface area contributed by atoms with E-state index in [1.165, 1.54) is 49.8 Å². The first-order valence-corrected chi connectivity index (χ1v) is 9.34. The molecule has 2 saturated carbocycles. The second-order valence-electron chi connectivity index (χ2n) is 9.17. The Morgan fingerprint density at radius 3 is 2.64 bits per heavy atom. The zero-order valence-corrected chi connectivity index (χ0v) is 14.7. The summed E-state index contributed by atoms with van der Waals surface area (Å²) in [7, 11) is 2.02. The molecule has 22 heavy (non-hydrogen) atoms. The van der Waals surface area contributed by atoms with Gasteiger partial charge in [0, 0.05) is 24.6 Å². The molecule has 0 N–H and O–H groups in total. The lowest BCUT2D eigenvalue weighted by molar-refractivity contribution is -0.135. The highest BCUT2D eigenvalue weighted by Gasteiger charge is 2.57. The van der Waals surface area contributed by atoms with E-state index in [9.17, 15) is 4.79 Å². The molecule has 4 aliphatic rings. The smallest absolute Gasteiger partial charge is 0.226 e. The molecule has 0 bridgehead atoms. The molecule has 2 heteroatoms. The molecule has 0 unspecified atom stereocenters.